The Labute approximate surface area is 98.0 Å². The number of rotatable bonds is 1. The minimum Gasteiger partial charge on any atom is -0.453 e. The number of anilines is 1. The number of hydrogen-bond donors (Lipinski definition) is 2. The molecule has 1 aromatic rings. The van der Waals surface area contributed by atoms with Crippen molar-refractivity contribution in [3.8, 4) is 6.07 Å². The molecule has 2 N–H and O–H groups in total. The highest BCUT2D eigenvalue weighted by Crippen LogP contribution is 2.12. The molecular weight excluding hydrogens is 226 g/mol. The summed E-state index contributed by atoms with van der Waals surface area (Å²) in [4.78, 5) is 10.8. The van der Waals surface area contributed by atoms with Gasteiger partial charge in [0.1, 0.15) is 6.07 Å². The number of methoxy groups -OCH3 is 1. The Hall–Kier alpha value is -2.13. The average molecular weight is 235 g/mol. The number of ether oxygens (including phenoxy) is 1. The zero-order valence-electron chi connectivity index (χ0n) is 8.48. The Bertz CT molecular complexity index is 454. The lowest BCUT2D eigenvalue weighted by molar-refractivity contribution is 0.177. The first-order valence-electron chi connectivity index (χ1n) is 4.32. The number of para-hydroxylation sites is 1. The molecule has 0 atom stereocenters. The molecule has 0 aliphatic carbocycles. The molecule has 5 nitrogen and oxygen atoms in total. The van der Waals surface area contributed by atoms with Gasteiger partial charge in [-0.3, -0.25) is 5.32 Å². The molecule has 1 rings (SSSR count). The molecule has 0 aromatic heterocycles. The van der Waals surface area contributed by atoms with E-state index in [1.807, 2.05) is 6.07 Å². The lowest BCUT2D eigenvalue weighted by atomic mass is 10.2. The van der Waals surface area contributed by atoms with E-state index in [0.717, 1.165) is 0 Å². The van der Waals surface area contributed by atoms with E-state index >= 15 is 0 Å². The molecule has 0 aliphatic rings. The second kappa shape index (κ2) is 5.68. The van der Waals surface area contributed by atoms with E-state index < -0.39 is 6.09 Å². The topological polar surface area (TPSA) is 74.2 Å². The van der Waals surface area contributed by atoms with Crippen LogP contribution < -0.4 is 10.6 Å². The third-order valence-electron chi connectivity index (χ3n) is 1.70. The minimum absolute atomic E-state index is 0.0783. The van der Waals surface area contributed by atoms with Gasteiger partial charge in [0.25, 0.3) is 0 Å². The van der Waals surface area contributed by atoms with E-state index in [1.54, 1.807) is 24.3 Å². The van der Waals surface area contributed by atoms with Crippen LogP contribution in [0.4, 0.5) is 10.5 Å². The second-order valence-corrected chi connectivity index (χ2v) is 3.14. The fourth-order valence-electron chi connectivity index (χ4n) is 0.987. The zero-order valence-corrected chi connectivity index (χ0v) is 9.30. The quantitative estimate of drug-likeness (QED) is 0.723. The van der Waals surface area contributed by atoms with Crippen LogP contribution in [0.25, 0.3) is 0 Å². The molecule has 0 radical (unpaired) electrons. The van der Waals surface area contributed by atoms with Gasteiger partial charge in [0.15, 0.2) is 5.11 Å². The summed E-state index contributed by atoms with van der Waals surface area (Å²) in [6.45, 7) is 0. The lowest BCUT2D eigenvalue weighted by Gasteiger charge is -2.09. The third kappa shape index (κ3) is 3.22. The van der Waals surface area contributed by atoms with Gasteiger partial charge < -0.3 is 10.1 Å². The molecule has 82 valence electrons. The van der Waals surface area contributed by atoms with Crippen LogP contribution in [0, 0.1) is 11.3 Å². The second-order valence-electron chi connectivity index (χ2n) is 2.73. The summed E-state index contributed by atoms with van der Waals surface area (Å²) >= 11 is 4.85. The summed E-state index contributed by atoms with van der Waals surface area (Å²) in [5.41, 5.74) is 0.975. The normalized spacial score (nSPS) is 8.75. The highest BCUT2D eigenvalue weighted by Gasteiger charge is 2.05. The van der Waals surface area contributed by atoms with Gasteiger partial charge in [0.2, 0.25) is 0 Å². The van der Waals surface area contributed by atoms with Gasteiger partial charge >= 0.3 is 6.09 Å². The Balaban J connectivity index is 2.70. The molecule has 0 fully saturated rings. The molecule has 0 bridgehead atoms. The molecule has 1 aromatic carbocycles. The SMILES string of the molecule is COC(=O)NC(=S)Nc1ccccc1C#N. The smallest absolute Gasteiger partial charge is 0.413 e. The first-order valence-corrected chi connectivity index (χ1v) is 4.73. The monoisotopic (exact) mass is 235 g/mol. The van der Waals surface area contributed by atoms with E-state index in [2.05, 4.69) is 15.4 Å². The van der Waals surface area contributed by atoms with E-state index in [4.69, 9.17) is 17.5 Å². The summed E-state index contributed by atoms with van der Waals surface area (Å²) in [6.07, 6.45) is -0.660. The molecule has 6 heteroatoms. The Morgan fingerprint density at radius 1 is 1.50 bits per heavy atom. The van der Waals surface area contributed by atoms with Crippen LogP contribution in [0.3, 0.4) is 0 Å². The van der Waals surface area contributed by atoms with E-state index in [-0.39, 0.29) is 5.11 Å². The van der Waals surface area contributed by atoms with Crippen molar-refractivity contribution in [2.45, 2.75) is 0 Å². The van der Waals surface area contributed by atoms with E-state index in [9.17, 15) is 4.79 Å². The number of nitrogens with zero attached hydrogens (tertiary/aromatic N) is 1. The van der Waals surface area contributed by atoms with Crippen molar-refractivity contribution in [3.05, 3.63) is 29.8 Å². The van der Waals surface area contributed by atoms with Gasteiger partial charge in [-0.15, -0.1) is 0 Å². The van der Waals surface area contributed by atoms with Crippen LogP contribution in [-0.2, 0) is 4.74 Å². The number of benzene rings is 1. The average Bonchev–Trinajstić information content (AvgIpc) is 2.29. The zero-order chi connectivity index (χ0) is 12.0. The number of hydrogen-bond acceptors (Lipinski definition) is 4. The van der Waals surface area contributed by atoms with Crippen LogP contribution in [0.1, 0.15) is 5.56 Å². The molecule has 16 heavy (non-hydrogen) atoms. The standard InChI is InChI=1S/C10H9N3O2S/c1-15-10(14)13-9(16)12-8-5-3-2-4-7(8)6-11/h2-5H,1H3,(H2,12,13,14,16). The predicted molar refractivity (Wildman–Crippen MR) is 62.9 cm³/mol. The van der Waals surface area contributed by atoms with Gasteiger partial charge in [-0.2, -0.15) is 5.26 Å². The van der Waals surface area contributed by atoms with Crippen LogP contribution in [-0.4, -0.2) is 18.3 Å². The first kappa shape index (κ1) is 11.9. The number of amides is 1. The fraction of sp³-hybridized carbons (Fsp3) is 0.100. The van der Waals surface area contributed by atoms with Gasteiger partial charge in [-0.1, -0.05) is 12.1 Å². The van der Waals surface area contributed by atoms with Crippen LogP contribution >= 0.6 is 12.2 Å². The Morgan fingerprint density at radius 2 is 2.19 bits per heavy atom. The van der Waals surface area contributed by atoms with E-state index in [1.165, 1.54) is 7.11 Å². The van der Waals surface area contributed by atoms with Gasteiger partial charge in [-0.25, -0.2) is 4.79 Å². The maximum absolute atomic E-state index is 10.8. The Kier molecular flexibility index (Phi) is 4.24. The first-order chi connectivity index (χ1) is 7.67. The predicted octanol–water partition coefficient (Wildman–Crippen LogP) is 1.61. The maximum Gasteiger partial charge on any atom is 0.413 e. The summed E-state index contributed by atoms with van der Waals surface area (Å²) in [5.74, 6) is 0. The van der Waals surface area contributed by atoms with Crippen LogP contribution in [0.2, 0.25) is 0 Å². The fourth-order valence-corrected chi connectivity index (χ4v) is 1.18. The highest BCUT2D eigenvalue weighted by molar-refractivity contribution is 7.80. The molecule has 0 heterocycles. The van der Waals surface area contributed by atoms with Gasteiger partial charge in [0, 0.05) is 0 Å². The molecule has 1 amide bonds. The number of thiocarbonyl (C=S) groups is 1. The van der Waals surface area contributed by atoms with Crippen molar-refractivity contribution in [3.63, 3.8) is 0 Å². The van der Waals surface area contributed by atoms with Crippen molar-refractivity contribution in [2.75, 3.05) is 12.4 Å². The Morgan fingerprint density at radius 3 is 2.81 bits per heavy atom. The number of carbonyl (C=O) groups is 1. The largest absolute Gasteiger partial charge is 0.453 e. The highest BCUT2D eigenvalue weighted by atomic mass is 32.1. The molecule has 0 saturated carbocycles. The summed E-state index contributed by atoms with van der Waals surface area (Å²) < 4.78 is 4.37. The molecule has 0 saturated heterocycles. The summed E-state index contributed by atoms with van der Waals surface area (Å²) in [7, 11) is 1.24. The van der Waals surface area contributed by atoms with Crippen LogP contribution in [0.15, 0.2) is 24.3 Å². The molecule has 0 aliphatic heterocycles. The van der Waals surface area contributed by atoms with Gasteiger partial charge in [0.05, 0.1) is 18.4 Å². The van der Waals surface area contributed by atoms with Crippen LogP contribution in [0.5, 0.6) is 0 Å². The lowest BCUT2D eigenvalue weighted by Crippen LogP contribution is -2.34. The number of carbonyl (C=O) groups excluding carboxylic acids is 1. The summed E-state index contributed by atoms with van der Waals surface area (Å²) in [5, 5.41) is 13.9. The maximum atomic E-state index is 10.8. The number of nitrogens with one attached hydrogen (secondary N) is 2. The van der Waals surface area contributed by atoms with Crippen molar-refractivity contribution in [2.24, 2.45) is 0 Å². The molecule has 0 unspecified atom stereocenters. The number of alkyl carbamates (subject to hydrolysis) is 1. The number of nitriles is 1. The van der Waals surface area contributed by atoms with Crippen molar-refractivity contribution in [1.82, 2.24) is 5.32 Å². The minimum atomic E-state index is -0.660. The van der Waals surface area contributed by atoms with E-state index in [0.29, 0.717) is 11.3 Å². The molecule has 0 spiro atoms. The van der Waals surface area contributed by atoms with Crippen molar-refractivity contribution >= 4 is 29.1 Å². The molecular formula is C10H9N3O2S. The summed E-state index contributed by atoms with van der Waals surface area (Å²) in [6, 6.07) is 8.82. The van der Waals surface area contributed by atoms with Crippen molar-refractivity contribution in [1.29, 1.82) is 5.26 Å². The van der Waals surface area contributed by atoms with Crippen molar-refractivity contribution < 1.29 is 9.53 Å². The third-order valence-corrected chi connectivity index (χ3v) is 1.90. The van der Waals surface area contributed by atoms with Gasteiger partial charge in [-0.05, 0) is 24.4 Å².